The third kappa shape index (κ3) is 3.51. The molecule has 0 saturated carbocycles. The summed E-state index contributed by atoms with van der Waals surface area (Å²) < 4.78 is 1.97. The molecule has 0 unspecified atom stereocenters. The lowest BCUT2D eigenvalue weighted by molar-refractivity contribution is 0.102. The Labute approximate surface area is 139 Å². The maximum absolute atomic E-state index is 12.3. The van der Waals surface area contributed by atoms with Gasteiger partial charge in [-0.05, 0) is 26.0 Å². The normalized spacial score (nSPS) is 10.7. The van der Waals surface area contributed by atoms with Crippen LogP contribution in [0, 0.1) is 13.8 Å². The number of thioether (sulfide) groups is 1. The zero-order chi connectivity index (χ0) is 16.2. The van der Waals surface area contributed by atoms with Gasteiger partial charge in [0.2, 0.25) is 0 Å². The first-order valence-corrected chi connectivity index (χ1v) is 8.34. The quantitative estimate of drug-likeness (QED) is 0.528. The number of carbonyl (C=O) groups is 1. The fraction of sp³-hybridized carbons (Fsp3) is 0.167. The maximum atomic E-state index is 12.3. The van der Waals surface area contributed by atoms with Crippen molar-refractivity contribution in [2.24, 2.45) is 0 Å². The van der Waals surface area contributed by atoms with E-state index in [9.17, 15) is 4.79 Å². The van der Waals surface area contributed by atoms with Crippen LogP contribution in [0.4, 0.5) is 0 Å². The van der Waals surface area contributed by atoms with Crippen LogP contribution in [0.1, 0.15) is 21.7 Å². The van der Waals surface area contributed by atoms with E-state index in [0.29, 0.717) is 5.75 Å². The first kappa shape index (κ1) is 15.5. The Morgan fingerprint density at radius 3 is 2.39 bits per heavy atom. The van der Waals surface area contributed by atoms with Crippen LogP contribution in [0.2, 0.25) is 0 Å². The van der Waals surface area contributed by atoms with Crippen molar-refractivity contribution in [1.82, 2.24) is 14.8 Å². The van der Waals surface area contributed by atoms with Gasteiger partial charge in [0, 0.05) is 11.3 Å². The Morgan fingerprint density at radius 1 is 1.00 bits per heavy atom. The van der Waals surface area contributed by atoms with E-state index in [0.717, 1.165) is 27.8 Å². The smallest absolute Gasteiger partial charge is 0.196 e. The lowest BCUT2D eigenvalue weighted by Gasteiger charge is -2.07. The fourth-order valence-electron chi connectivity index (χ4n) is 2.26. The van der Waals surface area contributed by atoms with Crippen LogP contribution in [0.5, 0.6) is 0 Å². The van der Waals surface area contributed by atoms with E-state index in [-0.39, 0.29) is 5.78 Å². The summed E-state index contributed by atoms with van der Waals surface area (Å²) in [6.45, 7) is 3.92. The van der Waals surface area contributed by atoms with Gasteiger partial charge in [-0.2, -0.15) is 0 Å². The molecule has 5 heteroatoms. The van der Waals surface area contributed by atoms with E-state index in [4.69, 9.17) is 0 Å². The molecule has 0 saturated heterocycles. The summed E-state index contributed by atoms with van der Waals surface area (Å²) in [6.07, 6.45) is 0. The number of carbonyl (C=O) groups excluding carboxylic acids is 1. The minimum Gasteiger partial charge on any atom is -0.293 e. The second-order valence-electron chi connectivity index (χ2n) is 5.28. The molecule has 0 bridgehead atoms. The van der Waals surface area contributed by atoms with Gasteiger partial charge in [0.1, 0.15) is 5.82 Å². The summed E-state index contributed by atoms with van der Waals surface area (Å²) in [4.78, 5) is 12.3. The van der Waals surface area contributed by atoms with Crippen molar-refractivity contribution in [1.29, 1.82) is 0 Å². The summed E-state index contributed by atoms with van der Waals surface area (Å²) in [7, 11) is 0. The zero-order valence-corrected chi connectivity index (χ0v) is 13.9. The van der Waals surface area contributed by atoms with E-state index in [1.165, 1.54) is 11.8 Å². The van der Waals surface area contributed by atoms with E-state index < -0.39 is 0 Å². The molecule has 1 aromatic heterocycles. The second kappa shape index (κ2) is 6.79. The topological polar surface area (TPSA) is 47.8 Å². The van der Waals surface area contributed by atoms with Gasteiger partial charge >= 0.3 is 0 Å². The molecule has 1 heterocycles. The molecular formula is C18H17N3OS. The number of hydrogen-bond donors (Lipinski definition) is 0. The predicted octanol–water partition coefficient (Wildman–Crippen LogP) is 3.86. The highest BCUT2D eigenvalue weighted by Crippen LogP contribution is 2.22. The number of aryl methyl sites for hydroxylation is 2. The molecule has 2 aromatic carbocycles. The second-order valence-corrected chi connectivity index (χ2v) is 6.22. The van der Waals surface area contributed by atoms with Crippen molar-refractivity contribution in [3.8, 4) is 5.69 Å². The van der Waals surface area contributed by atoms with E-state index in [2.05, 4.69) is 10.2 Å². The molecule has 0 atom stereocenters. The molecule has 3 rings (SSSR count). The molecule has 0 fully saturated rings. The summed E-state index contributed by atoms with van der Waals surface area (Å²) in [5.41, 5.74) is 2.87. The minimum absolute atomic E-state index is 0.0928. The van der Waals surface area contributed by atoms with Gasteiger partial charge in [0.05, 0.1) is 5.75 Å². The van der Waals surface area contributed by atoms with Gasteiger partial charge in [-0.1, -0.05) is 59.8 Å². The summed E-state index contributed by atoms with van der Waals surface area (Å²) >= 11 is 1.41. The monoisotopic (exact) mass is 323 g/mol. The first-order valence-electron chi connectivity index (χ1n) is 7.35. The molecule has 4 nitrogen and oxygen atoms in total. The van der Waals surface area contributed by atoms with Crippen molar-refractivity contribution in [2.45, 2.75) is 19.0 Å². The predicted molar refractivity (Wildman–Crippen MR) is 92.3 cm³/mol. The molecule has 3 aromatic rings. The Balaban J connectivity index is 1.77. The largest absolute Gasteiger partial charge is 0.293 e. The van der Waals surface area contributed by atoms with Gasteiger partial charge in [0.15, 0.2) is 10.9 Å². The number of benzene rings is 2. The van der Waals surface area contributed by atoms with Crippen molar-refractivity contribution >= 4 is 17.5 Å². The Hall–Kier alpha value is -2.40. The van der Waals surface area contributed by atoms with E-state index in [1.807, 2.05) is 73.0 Å². The van der Waals surface area contributed by atoms with Gasteiger partial charge < -0.3 is 0 Å². The number of hydrogen-bond acceptors (Lipinski definition) is 4. The lowest BCUT2D eigenvalue weighted by atomic mass is 10.1. The van der Waals surface area contributed by atoms with Crippen LogP contribution < -0.4 is 0 Å². The molecule has 0 radical (unpaired) electrons. The number of para-hydroxylation sites is 1. The standard InChI is InChI=1S/C18H17N3OS/c1-13-8-10-15(11-9-13)17(22)12-23-18-20-19-14(2)21(18)16-6-4-3-5-7-16/h3-11H,12H2,1-2H3. The molecular weight excluding hydrogens is 306 g/mol. The van der Waals surface area contributed by atoms with E-state index >= 15 is 0 Å². The van der Waals surface area contributed by atoms with Gasteiger partial charge in [-0.25, -0.2) is 0 Å². The van der Waals surface area contributed by atoms with Crippen molar-refractivity contribution < 1.29 is 4.79 Å². The van der Waals surface area contributed by atoms with Crippen LogP contribution in [0.25, 0.3) is 5.69 Å². The molecule has 0 spiro atoms. The number of ketones is 1. The summed E-state index contributed by atoms with van der Waals surface area (Å²) in [5, 5.41) is 9.06. The Morgan fingerprint density at radius 2 is 1.70 bits per heavy atom. The van der Waals surface area contributed by atoms with Crippen molar-refractivity contribution in [2.75, 3.05) is 5.75 Å². The number of Topliss-reactive ketones (excluding diaryl/α,β-unsaturated/α-hetero) is 1. The fourth-order valence-corrected chi connectivity index (χ4v) is 3.16. The maximum Gasteiger partial charge on any atom is 0.196 e. The summed E-state index contributed by atoms with van der Waals surface area (Å²) in [6, 6.07) is 17.6. The number of aromatic nitrogens is 3. The first-order chi connectivity index (χ1) is 11.1. The average molecular weight is 323 g/mol. The molecule has 0 aliphatic rings. The molecule has 0 N–H and O–H groups in total. The molecule has 0 amide bonds. The lowest BCUT2D eigenvalue weighted by Crippen LogP contribution is -2.05. The summed E-state index contributed by atoms with van der Waals surface area (Å²) in [5.74, 6) is 1.24. The average Bonchev–Trinajstić information content (AvgIpc) is 2.95. The molecule has 116 valence electrons. The highest BCUT2D eigenvalue weighted by atomic mass is 32.2. The third-order valence-corrected chi connectivity index (χ3v) is 4.44. The minimum atomic E-state index is 0.0928. The van der Waals surface area contributed by atoms with Crippen molar-refractivity contribution in [3.63, 3.8) is 0 Å². The van der Waals surface area contributed by atoms with Gasteiger partial charge in [-0.15, -0.1) is 10.2 Å². The third-order valence-electron chi connectivity index (χ3n) is 3.52. The molecule has 0 aliphatic carbocycles. The van der Waals surface area contributed by atoms with Crippen LogP contribution in [-0.2, 0) is 0 Å². The van der Waals surface area contributed by atoms with Crippen LogP contribution in [0.3, 0.4) is 0 Å². The van der Waals surface area contributed by atoms with Crippen LogP contribution in [-0.4, -0.2) is 26.3 Å². The van der Waals surface area contributed by atoms with Crippen molar-refractivity contribution in [3.05, 3.63) is 71.5 Å². The van der Waals surface area contributed by atoms with Gasteiger partial charge in [0.25, 0.3) is 0 Å². The highest BCUT2D eigenvalue weighted by Gasteiger charge is 2.14. The highest BCUT2D eigenvalue weighted by molar-refractivity contribution is 7.99. The van der Waals surface area contributed by atoms with Gasteiger partial charge in [-0.3, -0.25) is 9.36 Å². The number of nitrogens with zero attached hydrogens (tertiary/aromatic N) is 3. The van der Waals surface area contributed by atoms with E-state index in [1.54, 1.807) is 0 Å². The van der Waals surface area contributed by atoms with Crippen LogP contribution in [0.15, 0.2) is 59.8 Å². The SMILES string of the molecule is Cc1ccc(C(=O)CSc2nnc(C)n2-c2ccccc2)cc1. The number of rotatable bonds is 5. The Kier molecular flexibility index (Phi) is 4.57. The Bertz CT molecular complexity index is 810. The van der Waals surface area contributed by atoms with Crippen LogP contribution >= 0.6 is 11.8 Å². The molecule has 23 heavy (non-hydrogen) atoms. The molecule has 0 aliphatic heterocycles. The zero-order valence-electron chi connectivity index (χ0n) is 13.1.